The first kappa shape index (κ1) is 17.4. The van der Waals surface area contributed by atoms with Gasteiger partial charge in [0.25, 0.3) is 0 Å². The summed E-state index contributed by atoms with van der Waals surface area (Å²) >= 11 is 1.64. The lowest BCUT2D eigenvalue weighted by Gasteiger charge is -2.14. The molecule has 4 nitrogen and oxygen atoms in total. The number of halogens is 1. The van der Waals surface area contributed by atoms with Crippen LogP contribution >= 0.6 is 11.8 Å². The second-order valence-corrected chi connectivity index (χ2v) is 7.48. The standard InChI is InChI=1S/C13H21FN2O2S2/c1-4-19-9-10(2)16-20(17,18)13-7-11(8-15-3)5-6-12(13)14/h5-7,10,15-16H,4,8-9H2,1-3H3. The second kappa shape index (κ2) is 7.97. The van der Waals surface area contributed by atoms with Crippen molar-refractivity contribution in [3.05, 3.63) is 29.6 Å². The fourth-order valence-electron chi connectivity index (χ4n) is 1.72. The third kappa shape index (κ3) is 5.05. The van der Waals surface area contributed by atoms with E-state index in [1.54, 1.807) is 31.8 Å². The van der Waals surface area contributed by atoms with Gasteiger partial charge in [-0.15, -0.1) is 0 Å². The van der Waals surface area contributed by atoms with Gasteiger partial charge in [-0.3, -0.25) is 0 Å². The lowest BCUT2D eigenvalue weighted by atomic mass is 10.2. The van der Waals surface area contributed by atoms with Crippen molar-refractivity contribution in [1.82, 2.24) is 10.0 Å². The van der Waals surface area contributed by atoms with Gasteiger partial charge in [0.05, 0.1) is 0 Å². The summed E-state index contributed by atoms with van der Waals surface area (Å²) in [5.41, 5.74) is 0.727. The molecule has 0 fully saturated rings. The molecule has 0 radical (unpaired) electrons. The summed E-state index contributed by atoms with van der Waals surface area (Å²) in [7, 11) is -2.08. The Hall–Kier alpha value is -0.630. The van der Waals surface area contributed by atoms with Gasteiger partial charge in [0.1, 0.15) is 10.7 Å². The van der Waals surface area contributed by atoms with Crippen LogP contribution in [0.4, 0.5) is 4.39 Å². The monoisotopic (exact) mass is 320 g/mol. The van der Waals surface area contributed by atoms with Gasteiger partial charge < -0.3 is 5.32 Å². The normalized spacial score (nSPS) is 13.4. The number of hydrogen-bond acceptors (Lipinski definition) is 4. The Bertz CT molecular complexity index is 535. The van der Waals surface area contributed by atoms with Crippen molar-refractivity contribution in [3.63, 3.8) is 0 Å². The Morgan fingerprint density at radius 1 is 1.40 bits per heavy atom. The van der Waals surface area contributed by atoms with Crippen LogP contribution in [0.25, 0.3) is 0 Å². The van der Waals surface area contributed by atoms with Crippen LogP contribution in [-0.2, 0) is 16.6 Å². The minimum absolute atomic E-state index is 0.239. The Balaban J connectivity index is 2.93. The molecule has 1 aromatic carbocycles. The molecule has 1 rings (SSSR count). The van der Waals surface area contributed by atoms with Crippen LogP contribution < -0.4 is 10.0 Å². The zero-order valence-corrected chi connectivity index (χ0v) is 13.6. The summed E-state index contributed by atoms with van der Waals surface area (Å²) < 4.78 is 40.7. The molecule has 0 amide bonds. The molecule has 0 aliphatic rings. The van der Waals surface area contributed by atoms with Crippen molar-refractivity contribution in [2.24, 2.45) is 0 Å². The fraction of sp³-hybridized carbons (Fsp3) is 0.538. The number of hydrogen-bond donors (Lipinski definition) is 2. The van der Waals surface area contributed by atoms with Gasteiger partial charge in [0, 0.05) is 18.3 Å². The van der Waals surface area contributed by atoms with Gasteiger partial charge in [0.2, 0.25) is 10.0 Å². The summed E-state index contributed by atoms with van der Waals surface area (Å²) in [6.07, 6.45) is 0. The van der Waals surface area contributed by atoms with Crippen molar-refractivity contribution >= 4 is 21.8 Å². The van der Waals surface area contributed by atoms with Gasteiger partial charge in [0.15, 0.2) is 0 Å². The van der Waals surface area contributed by atoms with Crippen LogP contribution in [0, 0.1) is 5.82 Å². The third-order valence-corrected chi connectivity index (χ3v) is 5.34. The molecule has 0 heterocycles. The van der Waals surface area contributed by atoms with E-state index < -0.39 is 15.8 Å². The van der Waals surface area contributed by atoms with Crippen molar-refractivity contribution in [2.45, 2.75) is 31.3 Å². The summed E-state index contributed by atoms with van der Waals surface area (Å²) in [4.78, 5) is -0.293. The molecule has 0 aromatic heterocycles. The zero-order valence-electron chi connectivity index (χ0n) is 11.9. The van der Waals surface area contributed by atoms with E-state index in [-0.39, 0.29) is 10.9 Å². The number of sulfonamides is 1. The number of nitrogens with one attached hydrogen (secondary N) is 2. The molecule has 0 aliphatic heterocycles. The summed E-state index contributed by atoms with van der Waals surface area (Å²) in [5.74, 6) is 0.846. The van der Waals surface area contributed by atoms with E-state index in [9.17, 15) is 12.8 Å². The highest BCUT2D eigenvalue weighted by Gasteiger charge is 2.21. The van der Waals surface area contributed by atoms with Gasteiger partial charge in [-0.05, 0) is 37.4 Å². The SMILES string of the molecule is CCSCC(C)NS(=O)(=O)c1cc(CNC)ccc1F. The first-order valence-electron chi connectivity index (χ1n) is 6.43. The summed E-state index contributed by atoms with van der Waals surface area (Å²) in [5, 5.41) is 2.91. The fourth-order valence-corrected chi connectivity index (χ4v) is 3.87. The molecular formula is C13H21FN2O2S2. The predicted molar refractivity (Wildman–Crippen MR) is 81.9 cm³/mol. The largest absolute Gasteiger partial charge is 0.316 e. The highest BCUT2D eigenvalue weighted by molar-refractivity contribution is 7.99. The highest BCUT2D eigenvalue weighted by Crippen LogP contribution is 2.17. The molecule has 1 atom stereocenters. The molecular weight excluding hydrogens is 299 g/mol. The van der Waals surface area contributed by atoms with Gasteiger partial charge in [-0.2, -0.15) is 11.8 Å². The van der Waals surface area contributed by atoms with E-state index in [1.165, 1.54) is 12.1 Å². The van der Waals surface area contributed by atoms with E-state index in [0.29, 0.717) is 12.3 Å². The average Bonchev–Trinajstić information content (AvgIpc) is 2.38. The number of rotatable bonds is 8. The number of benzene rings is 1. The number of thioether (sulfide) groups is 1. The van der Waals surface area contributed by atoms with Gasteiger partial charge in [-0.1, -0.05) is 13.0 Å². The predicted octanol–water partition coefficient (Wildman–Crippen LogP) is 1.96. The Kier molecular flexibility index (Phi) is 6.94. The zero-order chi connectivity index (χ0) is 15.2. The minimum atomic E-state index is -3.83. The third-order valence-electron chi connectivity index (χ3n) is 2.59. The Morgan fingerprint density at radius 3 is 2.70 bits per heavy atom. The van der Waals surface area contributed by atoms with Crippen molar-refractivity contribution < 1.29 is 12.8 Å². The van der Waals surface area contributed by atoms with Crippen LogP contribution in [0.5, 0.6) is 0 Å². The maximum absolute atomic E-state index is 13.8. The van der Waals surface area contributed by atoms with Gasteiger partial charge >= 0.3 is 0 Å². The maximum atomic E-state index is 13.8. The van der Waals surface area contributed by atoms with Crippen LogP contribution in [-0.4, -0.2) is 33.0 Å². The molecule has 1 unspecified atom stereocenters. The minimum Gasteiger partial charge on any atom is -0.316 e. The van der Waals surface area contributed by atoms with Crippen molar-refractivity contribution in [1.29, 1.82) is 0 Å². The molecule has 0 bridgehead atoms. The van der Waals surface area contributed by atoms with E-state index in [4.69, 9.17) is 0 Å². The Morgan fingerprint density at radius 2 is 2.10 bits per heavy atom. The lowest BCUT2D eigenvalue weighted by molar-refractivity contribution is 0.549. The second-order valence-electron chi connectivity index (χ2n) is 4.48. The first-order chi connectivity index (χ1) is 9.40. The topological polar surface area (TPSA) is 58.2 Å². The van der Waals surface area contributed by atoms with Gasteiger partial charge in [-0.25, -0.2) is 17.5 Å². The van der Waals surface area contributed by atoms with Crippen LogP contribution in [0.3, 0.4) is 0 Å². The molecule has 0 saturated heterocycles. The summed E-state index contributed by atoms with van der Waals surface area (Å²) in [6.45, 7) is 4.27. The molecule has 2 N–H and O–H groups in total. The van der Waals surface area contributed by atoms with Crippen molar-refractivity contribution in [3.8, 4) is 0 Å². The van der Waals surface area contributed by atoms with Crippen LogP contribution in [0.1, 0.15) is 19.4 Å². The molecule has 0 saturated carbocycles. The maximum Gasteiger partial charge on any atom is 0.243 e. The van der Waals surface area contributed by atoms with E-state index in [2.05, 4.69) is 10.0 Å². The first-order valence-corrected chi connectivity index (χ1v) is 9.07. The van der Waals surface area contributed by atoms with E-state index in [1.807, 2.05) is 6.92 Å². The van der Waals surface area contributed by atoms with E-state index in [0.717, 1.165) is 11.3 Å². The molecule has 0 spiro atoms. The quantitative estimate of drug-likeness (QED) is 0.769. The van der Waals surface area contributed by atoms with Crippen molar-refractivity contribution in [2.75, 3.05) is 18.6 Å². The summed E-state index contributed by atoms with van der Waals surface area (Å²) in [6, 6.07) is 3.89. The molecule has 0 aliphatic carbocycles. The molecule has 7 heteroatoms. The van der Waals surface area contributed by atoms with E-state index >= 15 is 0 Å². The lowest BCUT2D eigenvalue weighted by Crippen LogP contribution is -2.34. The Labute approximate surface area is 124 Å². The highest BCUT2D eigenvalue weighted by atomic mass is 32.2. The molecule has 20 heavy (non-hydrogen) atoms. The molecule has 1 aromatic rings. The average molecular weight is 320 g/mol. The smallest absolute Gasteiger partial charge is 0.243 e. The van der Waals surface area contributed by atoms with Crippen LogP contribution in [0.15, 0.2) is 23.1 Å². The molecule has 114 valence electrons. The van der Waals surface area contributed by atoms with Crippen LogP contribution in [0.2, 0.25) is 0 Å².